The predicted molar refractivity (Wildman–Crippen MR) is 100 cm³/mol. The van der Waals surface area contributed by atoms with Crippen molar-refractivity contribution in [1.82, 2.24) is 19.5 Å². The van der Waals surface area contributed by atoms with Crippen LogP contribution < -0.4 is 5.32 Å². The second-order valence-corrected chi connectivity index (χ2v) is 6.94. The van der Waals surface area contributed by atoms with Crippen molar-refractivity contribution in [3.05, 3.63) is 35.4 Å². The Kier molecular flexibility index (Phi) is 5.15. The molecule has 6 N–H and O–H groups in total. The third kappa shape index (κ3) is 3.32. The molecule has 4 atom stereocenters. The number of aromatic nitrogens is 4. The SMILES string of the molecule is OC[C@H]1OC(n2cnc3c(NCc4ccc(Cl)c(O)c4O)ncnc32)[C@H](O)[C@@H]1O. The molecule has 154 valence electrons. The van der Waals surface area contributed by atoms with Crippen molar-refractivity contribution in [2.45, 2.75) is 31.1 Å². The summed E-state index contributed by atoms with van der Waals surface area (Å²) >= 11 is 5.76. The second kappa shape index (κ2) is 7.61. The average Bonchev–Trinajstić information content (AvgIpc) is 3.27. The zero-order valence-electron chi connectivity index (χ0n) is 14.8. The largest absolute Gasteiger partial charge is 0.504 e. The van der Waals surface area contributed by atoms with E-state index in [0.29, 0.717) is 22.5 Å². The summed E-state index contributed by atoms with van der Waals surface area (Å²) in [6, 6.07) is 3.01. The van der Waals surface area contributed by atoms with Crippen LogP contribution in [0.25, 0.3) is 11.2 Å². The summed E-state index contributed by atoms with van der Waals surface area (Å²) in [6.45, 7) is -0.329. The molecule has 1 saturated heterocycles. The number of imidazole rings is 1. The Morgan fingerprint density at radius 3 is 2.62 bits per heavy atom. The Bertz CT molecular complexity index is 1050. The van der Waals surface area contributed by atoms with Crippen LogP contribution >= 0.6 is 11.6 Å². The summed E-state index contributed by atoms with van der Waals surface area (Å²) in [5, 5.41) is 52.2. The minimum Gasteiger partial charge on any atom is -0.504 e. The van der Waals surface area contributed by atoms with Crippen LogP contribution in [0.3, 0.4) is 0 Å². The molecule has 1 aliphatic heterocycles. The molecule has 0 radical (unpaired) electrons. The van der Waals surface area contributed by atoms with Crippen molar-refractivity contribution in [3.63, 3.8) is 0 Å². The first-order valence-corrected chi connectivity index (χ1v) is 9.03. The molecule has 4 rings (SSSR count). The highest BCUT2D eigenvalue weighted by atomic mass is 35.5. The van der Waals surface area contributed by atoms with E-state index in [1.54, 1.807) is 6.07 Å². The number of ether oxygens (including phenoxy) is 1. The molecule has 0 aliphatic carbocycles. The van der Waals surface area contributed by atoms with Crippen molar-refractivity contribution in [2.24, 2.45) is 0 Å². The minimum absolute atomic E-state index is 0.0351. The van der Waals surface area contributed by atoms with Crippen LogP contribution in [0.15, 0.2) is 24.8 Å². The molecular weight excluding hydrogens is 406 g/mol. The quantitative estimate of drug-likeness (QED) is 0.310. The summed E-state index contributed by atoms with van der Waals surface area (Å²) in [7, 11) is 0. The molecule has 0 amide bonds. The van der Waals surface area contributed by atoms with Gasteiger partial charge in [0.2, 0.25) is 0 Å². The van der Waals surface area contributed by atoms with Gasteiger partial charge >= 0.3 is 0 Å². The van der Waals surface area contributed by atoms with Crippen LogP contribution in [0.2, 0.25) is 5.02 Å². The summed E-state index contributed by atoms with van der Waals surface area (Å²) in [5.74, 6) is -0.408. The number of nitrogens with zero attached hydrogens (tertiary/aromatic N) is 4. The minimum atomic E-state index is -1.27. The molecule has 1 aromatic carbocycles. The molecule has 1 aliphatic rings. The van der Waals surface area contributed by atoms with Gasteiger partial charge in [-0.3, -0.25) is 4.57 Å². The molecule has 12 heteroatoms. The van der Waals surface area contributed by atoms with Gasteiger partial charge in [0.25, 0.3) is 0 Å². The van der Waals surface area contributed by atoms with E-state index in [2.05, 4.69) is 20.3 Å². The third-order valence-electron chi connectivity index (χ3n) is 4.78. The smallest absolute Gasteiger partial charge is 0.176 e. The van der Waals surface area contributed by atoms with Gasteiger partial charge in [-0.05, 0) is 6.07 Å². The third-order valence-corrected chi connectivity index (χ3v) is 5.09. The van der Waals surface area contributed by atoms with Crippen molar-refractivity contribution >= 4 is 28.6 Å². The average molecular weight is 424 g/mol. The fraction of sp³-hybridized carbons (Fsp3) is 0.353. The maximum atomic E-state index is 10.2. The molecule has 0 saturated carbocycles. The number of anilines is 1. The predicted octanol–water partition coefficient (Wildman–Crippen LogP) is 0.114. The van der Waals surface area contributed by atoms with Crippen LogP contribution in [0, 0.1) is 0 Å². The zero-order valence-corrected chi connectivity index (χ0v) is 15.6. The number of aliphatic hydroxyl groups is 3. The Morgan fingerprint density at radius 1 is 1.10 bits per heavy atom. The van der Waals surface area contributed by atoms with E-state index in [9.17, 15) is 25.5 Å². The lowest BCUT2D eigenvalue weighted by molar-refractivity contribution is -0.0511. The first-order valence-electron chi connectivity index (χ1n) is 8.65. The van der Waals surface area contributed by atoms with Crippen molar-refractivity contribution in [1.29, 1.82) is 0 Å². The fourth-order valence-electron chi connectivity index (χ4n) is 3.20. The first kappa shape index (κ1) is 19.6. The number of halogens is 1. The van der Waals surface area contributed by atoms with E-state index in [1.807, 2.05) is 0 Å². The Balaban J connectivity index is 1.61. The maximum absolute atomic E-state index is 10.2. The van der Waals surface area contributed by atoms with Gasteiger partial charge in [0.05, 0.1) is 18.0 Å². The topological polar surface area (TPSA) is 166 Å². The Morgan fingerprint density at radius 2 is 1.90 bits per heavy atom. The number of nitrogens with one attached hydrogen (secondary N) is 1. The number of aliphatic hydroxyl groups excluding tert-OH is 3. The lowest BCUT2D eigenvalue weighted by Gasteiger charge is -2.16. The van der Waals surface area contributed by atoms with Gasteiger partial charge in [0.15, 0.2) is 34.7 Å². The van der Waals surface area contributed by atoms with Gasteiger partial charge < -0.3 is 35.6 Å². The summed E-state index contributed by atoms with van der Waals surface area (Å²) in [6.07, 6.45) is -1.76. The van der Waals surface area contributed by atoms with Gasteiger partial charge in [-0.15, -0.1) is 0 Å². The monoisotopic (exact) mass is 423 g/mol. The second-order valence-electron chi connectivity index (χ2n) is 6.53. The van der Waals surface area contributed by atoms with Gasteiger partial charge in [-0.2, -0.15) is 0 Å². The van der Waals surface area contributed by atoms with Crippen LogP contribution in [0.1, 0.15) is 11.8 Å². The van der Waals surface area contributed by atoms with Crippen molar-refractivity contribution in [2.75, 3.05) is 11.9 Å². The number of hydrogen-bond donors (Lipinski definition) is 6. The van der Waals surface area contributed by atoms with Gasteiger partial charge in [0, 0.05) is 12.1 Å². The van der Waals surface area contributed by atoms with E-state index in [-0.39, 0.29) is 17.3 Å². The fourth-order valence-corrected chi connectivity index (χ4v) is 3.35. The van der Waals surface area contributed by atoms with E-state index in [0.717, 1.165) is 0 Å². The summed E-state index contributed by atoms with van der Waals surface area (Å²) < 4.78 is 6.96. The normalized spacial score (nSPS) is 24.3. The van der Waals surface area contributed by atoms with Crippen molar-refractivity contribution in [3.8, 4) is 11.5 Å². The molecule has 2 aromatic heterocycles. The summed E-state index contributed by atoms with van der Waals surface area (Å²) in [5.41, 5.74) is 1.09. The summed E-state index contributed by atoms with van der Waals surface area (Å²) in [4.78, 5) is 12.5. The molecule has 0 bridgehead atoms. The van der Waals surface area contributed by atoms with E-state index in [4.69, 9.17) is 16.3 Å². The van der Waals surface area contributed by atoms with Crippen LogP contribution in [-0.4, -0.2) is 70.0 Å². The zero-order chi connectivity index (χ0) is 20.7. The van der Waals surface area contributed by atoms with Crippen LogP contribution in [-0.2, 0) is 11.3 Å². The number of hydrogen-bond acceptors (Lipinski definition) is 10. The maximum Gasteiger partial charge on any atom is 0.176 e. The van der Waals surface area contributed by atoms with Crippen molar-refractivity contribution < 1.29 is 30.3 Å². The highest BCUT2D eigenvalue weighted by Crippen LogP contribution is 2.36. The lowest BCUT2D eigenvalue weighted by Crippen LogP contribution is -2.33. The van der Waals surface area contributed by atoms with Gasteiger partial charge in [0.1, 0.15) is 24.6 Å². The van der Waals surface area contributed by atoms with E-state index < -0.39 is 36.9 Å². The van der Waals surface area contributed by atoms with Crippen LogP contribution in [0.4, 0.5) is 5.82 Å². The highest BCUT2D eigenvalue weighted by Gasteiger charge is 2.44. The molecule has 3 heterocycles. The molecule has 1 unspecified atom stereocenters. The molecule has 1 fully saturated rings. The first-order chi connectivity index (χ1) is 13.9. The van der Waals surface area contributed by atoms with E-state index in [1.165, 1.54) is 23.3 Å². The molecule has 3 aromatic rings. The number of phenols is 2. The van der Waals surface area contributed by atoms with Crippen LogP contribution in [0.5, 0.6) is 11.5 Å². The molecule has 0 spiro atoms. The number of aromatic hydroxyl groups is 2. The number of phenolic OH excluding ortho intramolecular Hbond substituents is 2. The Hall–Kier alpha value is -2.70. The van der Waals surface area contributed by atoms with Gasteiger partial charge in [-0.1, -0.05) is 17.7 Å². The Labute approximate surface area is 168 Å². The molecular formula is C17H18ClN5O6. The molecule has 29 heavy (non-hydrogen) atoms. The number of fused-ring (bicyclic) bond motifs is 1. The lowest BCUT2D eigenvalue weighted by atomic mass is 10.1. The van der Waals surface area contributed by atoms with Gasteiger partial charge in [-0.25, -0.2) is 15.0 Å². The standard InChI is InChI=1S/C17H18ClN5O6/c18-8-2-1-7(11(25)12(8)26)3-19-15-10-16(21-5-20-15)23(6-22-10)17-14(28)13(27)9(4-24)29-17/h1-2,5-6,9,13-14,17,24-28H,3-4H2,(H,19,20,21)/t9-,13-,14-,17?/m1/s1. The number of benzene rings is 1. The highest BCUT2D eigenvalue weighted by molar-refractivity contribution is 6.32. The van der Waals surface area contributed by atoms with E-state index >= 15 is 0 Å². The number of rotatable bonds is 5. The molecule has 11 nitrogen and oxygen atoms in total.